The van der Waals surface area contributed by atoms with E-state index >= 15 is 0 Å². The molecule has 0 spiro atoms. The first-order chi connectivity index (χ1) is 9.98. The van der Waals surface area contributed by atoms with Gasteiger partial charge in [0.2, 0.25) is 0 Å². The van der Waals surface area contributed by atoms with Crippen molar-refractivity contribution in [1.82, 2.24) is 20.4 Å². The number of carbonyl (C=O) groups excluding carboxylic acids is 1. The largest absolute Gasteiger partial charge is 0.396 e. The summed E-state index contributed by atoms with van der Waals surface area (Å²) in [5.74, 6) is 0. The summed E-state index contributed by atoms with van der Waals surface area (Å²) in [6, 6.07) is -0.130. The molecule has 6 heteroatoms. The summed E-state index contributed by atoms with van der Waals surface area (Å²) >= 11 is 0. The number of rotatable bonds is 5. The maximum Gasteiger partial charge on any atom is 0.315 e. The van der Waals surface area contributed by atoms with Gasteiger partial charge >= 0.3 is 6.03 Å². The van der Waals surface area contributed by atoms with Crippen LogP contribution in [-0.4, -0.2) is 33.6 Å². The number of carbonyl (C=O) groups is 1. The lowest BCUT2D eigenvalue weighted by Crippen LogP contribution is -2.48. The number of hydrogen-bond donors (Lipinski definition) is 3. The van der Waals surface area contributed by atoms with Crippen LogP contribution in [-0.2, 0) is 20.0 Å². The lowest BCUT2D eigenvalue weighted by atomic mass is 9.86. The van der Waals surface area contributed by atoms with E-state index in [1.807, 2.05) is 20.2 Å². The molecule has 2 amide bonds. The minimum absolute atomic E-state index is 0.0436. The number of nitrogens with one attached hydrogen (secondary N) is 2. The van der Waals surface area contributed by atoms with Crippen LogP contribution >= 0.6 is 0 Å². The van der Waals surface area contributed by atoms with Crippen LogP contribution in [0.1, 0.15) is 44.4 Å². The van der Waals surface area contributed by atoms with E-state index in [9.17, 15) is 9.90 Å². The third-order valence-electron chi connectivity index (χ3n) is 4.51. The number of hydrogen-bond acceptors (Lipinski definition) is 3. The molecule has 2 rings (SSSR count). The number of aromatic nitrogens is 2. The van der Waals surface area contributed by atoms with Gasteiger partial charge in [0.15, 0.2) is 0 Å². The highest BCUT2D eigenvalue weighted by Gasteiger charge is 2.39. The lowest BCUT2D eigenvalue weighted by Gasteiger charge is -2.30. The summed E-state index contributed by atoms with van der Waals surface area (Å²) in [5, 5.41) is 19.8. The molecule has 21 heavy (non-hydrogen) atoms. The number of urea groups is 1. The van der Waals surface area contributed by atoms with Crippen molar-refractivity contribution in [2.75, 3.05) is 6.61 Å². The van der Waals surface area contributed by atoms with Crippen molar-refractivity contribution in [3.05, 3.63) is 17.5 Å². The Kier molecular flexibility index (Phi) is 4.88. The second-order valence-electron chi connectivity index (χ2n) is 6.21. The van der Waals surface area contributed by atoms with Crippen molar-refractivity contribution < 1.29 is 9.90 Å². The molecule has 0 aromatic carbocycles. The predicted molar refractivity (Wildman–Crippen MR) is 80.8 cm³/mol. The van der Waals surface area contributed by atoms with Gasteiger partial charge in [-0.05, 0) is 19.3 Å². The molecule has 1 heterocycles. The monoisotopic (exact) mass is 294 g/mol. The summed E-state index contributed by atoms with van der Waals surface area (Å²) in [6.45, 7) is 4.67. The second kappa shape index (κ2) is 6.47. The molecule has 0 bridgehead atoms. The van der Waals surface area contributed by atoms with Gasteiger partial charge in [0.05, 0.1) is 12.3 Å². The Morgan fingerprint density at radius 3 is 3.05 bits per heavy atom. The van der Waals surface area contributed by atoms with Crippen LogP contribution in [0.4, 0.5) is 4.79 Å². The van der Waals surface area contributed by atoms with Crippen LogP contribution in [0.3, 0.4) is 0 Å². The van der Waals surface area contributed by atoms with Gasteiger partial charge in [0.25, 0.3) is 0 Å². The van der Waals surface area contributed by atoms with Crippen molar-refractivity contribution in [3.8, 4) is 0 Å². The van der Waals surface area contributed by atoms with Crippen molar-refractivity contribution in [2.45, 2.75) is 52.1 Å². The van der Waals surface area contributed by atoms with Gasteiger partial charge in [-0.15, -0.1) is 0 Å². The topological polar surface area (TPSA) is 79.2 Å². The number of aliphatic hydroxyl groups excluding tert-OH is 1. The van der Waals surface area contributed by atoms with Gasteiger partial charge in [-0.2, -0.15) is 5.10 Å². The molecule has 1 aromatic rings. The Balaban J connectivity index is 1.87. The molecule has 6 nitrogen and oxygen atoms in total. The smallest absolute Gasteiger partial charge is 0.315 e. The second-order valence-corrected chi connectivity index (χ2v) is 6.21. The average Bonchev–Trinajstić information content (AvgIpc) is 3.00. The van der Waals surface area contributed by atoms with Gasteiger partial charge in [-0.25, -0.2) is 4.79 Å². The molecule has 1 aliphatic carbocycles. The van der Waals surface area contributed by atoms with E-state index < -0.39 is 0 Å². The third-order valence-corrected chi connectivity index (χ3v) is 4.51. The van der Waals surface area contributed by atoms with Crippen LogP contribution in [0.5, 0.6) is 0 Å². The zero-order valence-electron chi connectivity index (χ0n) is 13.1. The first-order valence-electron chi connectivity index (χ1n) is 7.65. The molecular weight excluding hydrogens is 268 g/mol. The highest BCUT2D eigenvalue weighted by atomic mass is 16.3. The van der Waals surface area contributed by atoms with Crippen LogP contribution in [0.25, 0.3) is 0 Å². The van der Waals surface area contributed by atoms with Crippen molar-refractivity contribution in [3.63, 3.8) is 0 Å². The minimum Gasteiger partial charge on any atom is -0.396 e. The van der Waals surface area contributed by atoms with Gasteiger partial charge in [-0.3, -0.25) is 4.68 Å². The normalized spacial score (nSPS) is 25.0. The van der Waals surface area contributed by atoms with Crippen LogP contribution < -0.4 is 10.6 Å². The lowest BCUT2D eigenvalue weighted by molar-refractivity contribution is 0.121. The molecule has 2 unspecified atom stereocenters. The summed E-state index contributed by atoms with van der Waals surface area (Å²) in [7, 11) is 1.88. The Morgan fingerprint density at radius 2 is 2.38 bits per heavy atom. The number of aliphatic hydroxyl groups is 1. The Hall–Kier alpha value is -1.56. The fourth-order valence-electron chi connectivity index (χ4n) is 3.08. The molecule has 0 radical (unpaired) electrons. The molecule has 1 aromatic heterocycles. The summed E-state index contributed by atoms with van der Waals surface area (Å²) < 4.78 is 1.77. The molecule has 1 saturated carbocycles. The third kappa shape index (κ3) is 3.56. The maximum atomic E-state index is 12.1. The van der Waals surface area contributed by atoms with Gasteiger partial charge in [-0.1, -0.05) is 20.3 Å². The number of aryl methyl sites for hydroxylation is 2. The van der Waals surface area contributed by atoms with Crippen LogP contribution in [0.2, 0.25) is 0 Å². The van der Waals surface area contributed by atoms with Crippen molar-refractivity contribution in [1.29, 1.82) is 0 Å². The first-order valence-corrected chi connectivity index (χ1v) is 7.65. The number of amides is 2. The van der Waals surface area contributed by atoms with E-state index in [1.165, 1.54) is 0 Å². The molecule has 0 aliphatic heterocycles. The SMILES string of the molecule is CCc1nn(C)cc1CNC(=O)NC1CCCC1(C)CO. The highest BCUT2D eigenvalue weighted by Crippen LogP contribution is 2.37. The summed E-state index contributed by atoms with van der Waals surface area (Å²) in [5.41, 5.74) is 1.87. The quantitative estimate of drug-likeness (QED) is 0.766. The Labute approximate surface area is 125 Å². The Bertz CT molecular complexity index is 500. The van der Waals surface area contributed by atoms with Crippen molar-refractivity contribution >= 4 is 6.03 Å². The van der Waals surface area contributed by atoms with Crippen LogP contribution in [0, 0.1) is 5.41 Å². The highest BCUT2D eigenvalue weighted by molar-refractivity contribution is 5.74. The number of nitrogens with zero attached hydrogens (tertiary/aromatic N) is 2. The Morgan fingerprint density at radius 1 is 1.62 bits per heavy atom. The van der Waals surface area contributed by atoms with E-state index in [4.69, 9.17) is 0 Å². The first kappa shape index (κ1) is 15.8. The fraction of sp³-hybridized carbons (Fsp3) is 0.733. The van der Waals surface area contributed by atoms with E-state index in [0.29, 0.717) is 6.54 Å². The van der Waals surface area contributed by atoms with Gasteiger partial charge < -0.3 is 15.7 Å². The van der Waals surface area contributed by atoms with E-state index in [1.54, 1.807) is 4.68 Å². The zero-order chi connectivity index (χ0) is 15.5. The molecule has 3 N–H and O–H groups in total. The summed E-state index contributed by atoms with van der Waals surface area (Å²) in [4.78, 5) is 12.1. The molecule has 0 saturated heterocycles. The van der Waals surface area contributed by atoms with E-state index in [2.05, 4.69) is 22.7 Å². The van der Waals surface area contributed by atoms with E-state index in [-0.39, 0.29) is 24.1 Å². The predicted octanol–water partition coefficient (Wildman–Crippen LogP) is 1.33. The standard InChI is InChI=1S/C15H26N4O2/c1-4-12-11(9-19(3)18-12)8-16-14(21)17-13-6-5-7-15(13,2)10-20/h9,13,20H,4-8,10H2,1-3H3,(H2,16,17,21). The fourth-order valence-corrected chi connectivity index (χ4v) is 3.08. The zero-order valence-corrected chi connectivity index (χ0v) is 13.1. The molecular formula is C15H26N4O2. The van der Waals surface area contributed by atoms with Gasteiger partial charge in [0, 0.05) is 36.8 Å². The summed E-state index contributed by atoms with van der Waals surface area (Å²) in [6.07, 6.45) is 5.72. The van der Waals surface area contributed by atoms with E-state index in [0.717, 1.165) is 36.9 Å². The molecule has 118 valence electrons. The minimum atomic E-state index is -0.194. The van der Waals surface area contributed by atoms with Crippen LogP contribution in [0.15, 0.2) is 6.20 Å². The molecule has 2 atom stereocenters. The average molecular weight is 294 g/mol. The molecule has 1 fully saturated rings. The molecule has 1 aliphatic rings. The van der Waals surface area contributed by atoms with Crippen molar-refractivity contribution in [2.24, 2.45) is 12.5 Å². The van der Waals surface area contributed by atoms with Gasteiger partial charge in [0.1, 0.15) is 0 Å². The maximum absolute atomic E-state index is 12.1.